The molecule has 0 aliphatic heterocycles. The van der Waals surface area contributed by atoms with Crippen LogP contribution in [0.15, 0.2) is 243 Å². The predicted molar refractivity (Wildman–Crippen MR) is 289 cm³/mol. The number of fused-ring (bicyclic) bond motifs is 22. The van der Waals surface area contributed by atoms with Crippen LogP contribution in [0.1, 0.15) is 22.3 Å². The fourth-order valence-electron chi connectivity index (χ4n) is 13.1. The molecule has 318 valence electrons. The molecule has 0 saturated carbocycles. The maximum absolute atomic E-state index is 2.57. The van der Waals surface area contributed by atoms with Crippen molar-refractivity contribution in [2.75, 3.05) is 0 Å². The monoisotopic (exact) mass is 872 g/mol. The molecule has 2 aliphatic rings. The first kappa shape index (κ1) is 37.1. The van der Waals surface area contributed by atoms with Gasteiger partial charge in [-0.2, -0.15) is 0 Å². The molecule has 0 saturated heterocycles. The average Bonchev–Trinajstić information content (AvgIpc) is 4.12. The minimum Gasteiger partial charge on any atom is -0.309 e. The molecule has 0 bridgehead atoms. The van der Waals surface area contributed by atoms with Crippen molar-refractivity contribution in [3.8, 4) is 44.8 Å². The summed E-state index contributed by atoms with van der Waals surface area (Å²) < 4.78 is 4.92. The Morgan fingerprint density at radius 2 is 0.580 bits per heavy atom. The van der Waals surface area contributed by atoms with Crippen LogP contribution in [0.4, 0.5) is 0 Å². The zero-order valence-electron chi connectivity index (χ0n) is 37.5. The first-order valence-electron chi connectivity index (χ1n) is 24.1. The van der Waals surface area contributed by atoms with Crippen molar-refractivity contribution in [3.05, 3.63) is 265 Å². The second kappa shape index (κ2) is 13.6. The summed E-state index contributed by atoms with van der Waals surface area (Å²) in [7, 11) is 0. The third kappa shape index (κ3) is 4.80. The molecule has 0 atom stereocenters. The molecule has 0 unspecified atom stereocenters. The van der Waals surface area contributed by atoms with Gasteiger partial charge in [-0.05, 0) is 149 Å². The van der Waals surface area contributed by atoms with Gasteiger partial charge in [0, 0.05) is 32.9 Å². The Morgan fingerprint density at radius 1 is 0.217 bits per heavy atom. The number of para-hydroxylation sites is 4. The second-order valence-electron chi connectivity index (χ2n) is 19.1. The first-order valence-corrected chi connectivity index (χ1v) is 24.1. The van der Waals surface area contributed by atoms with Crippen LogP contribution in [0, 0.1) is 0 Å². The summed E-state index contributed by atoms with van der Waals surface area (Å²) >= 11 is 0. The van der Waals surface area contributed by atoms with Crippen molar-refractivity contribution in [1.82, 2.24) is 9.13 Å². The van der Waals surface area contributed by atoms with Crippen molar-refractivity contribution in [3.63, 3.8) is 0 Å². The van der Waals surface area contributed by atoms with Crippen LogP contribution in [0.2, 0.25) is 0 Å². The normalized spacial score (nSPS) is 13.3. The lowest BCUT2D eigenvalue weighted by Gasteiger charge is -2.30. The fraction of sp³-hybridized carbons (Fsp3) is 0.0149. The largest absolute Gasteiger partial charge is 0.309 e. The Bertz CT molecular complexity index is 4270. The SMILES string of the molecule is c1ccc2c(c1)-c1ccccc1C21c2ccccc2-c2cc3c4ccccc4c4cc(-c5cc(-n6c7ccccc7c7ccccc76)cc(-n6c7ccccc7c7ccccc76)c5)ccc4c3cc21. The van der Waals surface area contributed by atoms with Crippen LogP contribution in [0.5, 0.6) is 0 Å². The summed E-state index contributed by atoms with van der Waals surface area (Å²) in [6, 6.07) is 91.3. The molecule has 69 heavy (non-hydrogen) atoms. The molecule has 0 amide bonds. The van der Waals surface area contributed by atoms with Crippen LogP contribution in [0.25, 0.3) is 121 Å². The third-order valence-corrected chi connectivity index (χ3v) is 15.9. The summed E-state index contributed by atoms with van der Waals surface area (Å²) in [6.45, 7) is 0. The predicted octanol–water partition coefficient (Wildman–Crippen LogP) is 17.4. The maximum Gasteiger partial charge on any atom is 0.0725 e. The summed E-state index contributed by atoms with van der Waals surface area (Å²) in [5, 5.41) is 12.6. The lowest BCUT2D eigenvalue weighted by atomic mass is 9.70. The van der Waals surface area contributed by atoms with E-state index in [2.05, 4.69) is 252 Å². The zero-order valence-corrected chi connectivity index (χ0v) is 37.5. The molecule has 16 rings (SSSR count). The van der Waals surface area contributed by atoms with Crippen LogP contribution in [0.3, 0.4) is 0 Å². The van der Waals surface area contributed by atoms with Gasteiger partial charge >= 0.3 is 0 Å². The minimum atomic E-state index is -0.415. The topological polar surface area (TPSA) is 9.86 Å². The van der Waals surface area contributed by atoms with E-state index in [9.17, 15) is 0 Å². The van der Waals surface area contributed by atoms with E-state index in [1.165, 1.54) is 132 Å². The molecule has 14 aromatic rings. The number of benzene rings is 12. The highest BCUT2D eigenvalue weighted by Crippen LogP contribution is 2.63. The molecule has 2 aromatic heterocycles. The Balaban J connectivity index is 0.986. The van der Waals surface area contributed by atoms with E-state index in [4.69, 9.17) is 0 Å². The van der Waals surface area contributed by atoms with Crippen LogP contribution >= 0.6 is 0 Å². The van der Waals surface area contributed by atoms with E-state index in [1.807, 2.05) is 0 Å². The maximum atomic E-state index is 2.57. The van der Waals surface area contributed by atoms with Crippen LogP contribution in [-0.2, 0) is 5.41 Å². The van der Waals surface area contributed by atoms with Gasteiger partial charge in [0.05, 0.1) is 27.5 Å². The minimum absolute atomic E-state index is 0.415. The Labute approximate surface area is 398 Å². The Hall–Kier alpha value is -8.98. The van der Waals surface area contributed by atoms with Crippen LogP contribution in [-0.4, -0.2) is 9.13 Å². The Kier molecular flexibility index (Phi) is 7.30. The smallest absolute Gasteiger partial charge is 0.0725 e. The van der Waals surface area contributed by atoms with Gasteiger partial charge in [0.25, 0.3) is 0 Å². The number of hydrogen-bond donors (Lipinski definition) is 0. The molecular weight excluding hydrogens is 833 g/mol. The van der Waals surface area contributed by atoms with Crippen molar-refractivity contribution < 1.29 is 0 Å². The van der Waals surface area contributed by atoms with Gasteiger partial charge in [0.15, 0.2) is 0 Å². The summed E-state index contributed by atoms with van der Waals surface area (Å²) in [5.74, 6) is 0. The molecule has 0 N–H and O–H groups in total. The molecule has 1 spiro atoms. The van der Waals surface area contributed by atoms with Gasteiger partial charge in [0.1, 0.15) is 0 Å². The molecule has 0 fully saturated rings. The quantitative estimate of drug-likeness (QED) is 0.157. The number of hydrogen-bond acceptors (Lipinski definition) is 0. The number of rotatable bonds is 3. The van der Waals surface area contributed by atoms with Crippen molar-refractivity contribution in [2.45, 2.75) is 5.41 Å². The second-order valence-corrected chi connectivity index (χ2v) is 19.1. The molecule has 2 aliphatic carbocycles. The number of nitrogens with zero attached hydrogens (tertiary/aromatic N) is 2. The third-order valence-electron chi connectivity index (χ3n) is 15.9. The van der Waals surface area contributed by atoms with E-state index < -0.39 is 5.41 Å². The zero-order chi connectivity index (χ0) is 45.0. The molecule has 12 aromatic carbocycles. The summed E-state index contributed by atoms with van der Waals surface area (Å²) in [5.41, 5.74) is 19.7. The van der Waals surface area contributed by atoms with Gasteiger partial charge in [-0.25, -0.2) is 0 Å². The Morgan fingerprint density at radius 3 is 1.06 bits per heavy atom. The average molecular weight is 873 g/mol. The lowest BCUT2D eigenvalue weighted by Crippen LogP contribution is -2.25. The molecule has 2 nitrogen and oxygen atoms in total. The van der Waals surface area contributed by atoms with E-state index in [0.717, 1.165) is 11.4 Å². The standard InChI is InChI=1S/C67H40N2/c1-2-18-46-45(17-1)55-37-41(33-34-47(55)57-40-62-58(39-56(46)57)50-21-5-12-28-61(50)67(62)59-26-10-3-19-48(59)49-20-4-11-27-60(49)67)42-35-43(68-63-29-13-6-22-51(63)52-23-7-14-30-64(52)68)38-44(36-42)69-65-31-15-8-24-53(65)54-25-9-16-32-66(54)69/h1-40H. The van der Waals surface area contributed by atoms with Crippen molar-refractivity contribution in [1.29, 1.82) is 0 Å². The highest BCUT2D eigenvalue weighted by Gasteiger charge is 2.51. The highest BCUT2D eigenvalue weighted by molar-refractivity contribution is 6.27. The van der Waals surface area contributed by atoms with Gasteiger partial charge in [0.2, 0.25) is 0 Å². The highest BCUT2D eigenvalue weighted by atomic mass is 15.0. The van der Waals surface area contributed by atoms with Crippen molar-refractivity contribution in [2.24, 2.45) is 0 Å². The van der Waals surface area contributed by atoms with E-state index >= 15 is 0 Å². The molecular formula is C67H40N2. The van der Waals surface area contributed by atoms with Crippen LogP contribution < -0.4 is 0 Å². The van der Waals surface area contributed by atoms with Gasteiger partial charge < -0.3 is 9.13 Å². The fourth-order valence-corrected chi connectivity index (χ4v) is 13.1. The van der Waals surface area contributed by atoms with Crippen molar-refractivity contribution >= 4 is 75.9 Å². The van der Waals surface area contributed by atoms with Gasteiger partial charge in [-0.15, -0.1) is 0 Å². The first-order chi connectivity index (χ1) is 34.2. The van der Waals surface area contributed by atoms with Gasteiger partial charge in [-0.3, -0.25) is 0 Å². The summed E-state index contributed by atoms with van der Waals surface area (Å²) in [4.78, 5) is 0. The molecule has 0 radical (unpaired) electrons. The lowest BCUT2D eigenvalue weighted by molar-refractivity contribution is 0.795. The molecule has 2 heteroatoms. The molecule has 2 heterocycles. The summed E-state index contributed by atoms with van der Waals surface area (Å²) in [6.07, 6.45) is 0. The van der Waals surface area contributed by atoms with E-state index in [0.29, 0.717) is 0 Å². The van der Waals surface area contributed by atoms with E-state index in [1.54, 1.807) is 0 Å². The van der Waals surface area contributed by atoms with Gasteiger partial charge in [-0.1, -0.05) is 182 Å². The number of aromatic nitrogens is 2. The van der Waals surface area contributed by atoms with E-state index in [-0.39, 0.29) is 0 Å².